The van der Waals surface area contributed by atoms with Crippen LogP contribution in [0.25, 0.3) is 0 Å². The summed E-state index contributed by atoms with van der Waals surface area (Å²) in [5.41, 5.74) is 0.895. The van der Waals surface area contributed by atoms with Crippen LogP contribution in [0.1, 0.15) is 51.6 Å². The lowest BCUT2D eigenvalue weighted by molar-refractivity contribution is 0.0739. The highest BCUT2D eigenvalue weighted by atomic mass is 16.3. The maximum absolute atomic E-state index is 9.45. The zero-order valence-electron chi connectivity index (χ0n) is 16.0. The summed E-state index contributed by atoms with van der Waals surface area (Å²) in [5, 5.41) is 17.9. The second-order valence-corrected chi connectivity index (χ2v) is 8.04. The average Bonchev–Trinajstić information content (AvgIpc) is 3.03. The van der Waals surface area contributed by atoms with E-state index >= 15 is 0 Å². The first kappa shape index (κ1) is 18.8. The molecule has 1 aromatic rings. The minimum atomic E-state index is -0.350. The highest BCUT2D eigenvalue weighted by Gasteiger charge is 2.28. The van der Waals surface area contributed by atoms with Crippen molar-refractivity contribution in [2.24, 2.45) is 5.92 Å². The van der Waals surface area contributed by atoms with E-state index in [1.165, 1.54) is 64.8 Å². The Bertz CT molecular complexity index is 502. The number of aliphatic hydroxyl groups is 1. The van der Waals surface area contributed by atoms with Crippen molar-refractivity contribution in [3.8, 4) is 0 Å². The van der Waals surface area contributed by atoms with Crippen molar-refractivity contribution in [2.75, 3.05) is 32.7 Å². The van der Waals surface area contributed by atoms with Gasteiger partial charge in [-0.15, -0.1) is 5.10 Å². The van der Waals surface area contributed by atoms with Crippen LogP contribution in [0.15, 0.2) is 6.20 Å². The Hall–Kier alpha value is -0.980. The summed E-state index contributed by atoms with van der Waals surface area (Å²) >= 11 is 0. The third-order valence-electron chi connectivity index (χ3n) is 5.80. The molecule has 0 radical (unpaired) electrons. The summed E-state index contributed by atoms with van der Waals surface area (Å²) in [6.45, 7) is 11.3. The van der Waals surface area contributed by atoms with Crippen molar-refractivity contribution in [2.45, 2.75) is 71.1 Å². The van der Waals surface area contributed by atoms with Gasteiger partial charge in [0, 0.05) is 25.2 Å². The summed E-state index contributed by atoms with van der Waals surface area (Å²) < 4.78 is 1.97. The molecule has 2 aliphatic heterocycles. The fraction of sp³-hybridized carbons (Fsp3) is 0.895. The molecule has 2 saturated heterocycles. The Morgan fingerprint density at radius 3 is 2.52 bits per heavy atom. The number of aromatic nitrogens is 3. The van der Waals surface area contributed by atoms with E-state index in [1.807, 2.05) is 10.9 Å². The fourth-order valence-corrected chi connectivity index (χ4v) is 4.41. The molecule has 1 N–H and O–H groups in total. The largest absolute Gasteiger partial charge is 0.393 e. The van der Waals surface area contributed by atoms with Crippen LogP contribution in [-0.2, 0) is 13.0 Å². The fourth-order valence-electron chi connectivity index (χ4n) is 4.41. The Morgan fingerprint density at radius 2 is 1.88 bits per heavy atom. The monoisotopic (exact) mass is 349 g/mol. The van der Waals surface area contributed by atoms with E-state index < -0.39 is 0 Å². The second kappa shape index (κ2) is 9.10. The lowest BCUT2D eigenvalue weighted by atomic mass is 9.93. The van der Waals surface area contributed by atoms with Gasteiger partial charge in [0.15, 0.2) is 0 Å². The smallest absolute Gasteiger partial charge is 0.0852 e. The van der Waals surface area contributed by atoms with Crippen LogP contribution in [0.2, 0.25) is 0 Å². The summed E-state index contributed by atoms with van der Waals surface area (Å²) in [7, 11) is 0. The number of hydrogen-bond donors (Lipinski definition) is 1. The number of piperidine rings is 2. The topological polar surface area (TPSA) is 57.4 Å². The maximum Gasteiger partial charge on any atom is 0.0852 e. The van der Waals surface area contributed by atoms with Crippen LogP contribution in [-0.4, -0.2) is 74.8 Å². The van der Waals surface area contributed by atoms with Gasteiger partial charge in [-0.2, -0.15) is 0 Å². The molecule has 6 nitrogen and oxygen atoms in total. The minimum absolute atomic E-state index is 0.350. The van der Waals surface area contributed by atoms with Crippen LogP contribution in [0.4, 0.5) is 0 Å². The Labute approximate surface area is 152 Å². The molecule has 0 aliphatic carbocycles. The van der Waals surface area contributed by atoms with E-state index in [0.717, 1.165) is 18.3 Å². The van der Waals surface area contributed by atoms with Gasteiger partial charge in [-0.25, -0.2) is 0 Å². The number of rotatable bonds is 7. The van der Waals surface area contributed by atoms with Crippen LogP contribution >= 0.6 is 0 Å². The highest BCUT2D eigenvalue weighted by molar-refractivity contribution is 4.94. The molecule has 0 bridgehead atoms. The molecule has 1 atom stereocenters. The molecule has 1 aromatic heterocycles. The third-order valence-corrected chi connectivity index (χ3v) is 5.80. The van der Waals surface area contributed by atoms with Gasteiger partial charge in [0.1, 0.15) is 0 Å². The van der Waals surface area contributed by atoms with Gasteiger partial charge >= 0.3 is 0 Å². The van der Waals surface area contributed by atoms with Gasteiger partial charge < -0.3 is 14.9 Å². The SMILES string of the molecule is CCCN1CCC(N2CCC(Cn3cc(CC(C)O)nn3)CC2)CC1. The van der Waals surface area contributed by atoms with Crippen LogP contribution < -0.4 is 0 Å². The molecule has 3 rings (SSSR count). The quantitative estimate of drug-likeness (QED) is 0.813. The molecular weight excluding hydrogens is 314 g/mol. The molecule has 6 heteroatoms. The van der Waals surface area contributed by atoms with Crippen LogP contribution in [0.3, 0.4) is 0 Å². The van der Waals surface area contributed by atoms with Gasteiger partial charge in [0.25, 0.3) is 0 Å². The van der Waals surface area contributed by atoms with Gasteiger partial charge in [-0.05, 0) is 77.7 Å². The standard InChI is InChI=1S/C19H35N5O/c1-3-8-22-9-6-19(7-10-22)23-11-4-17(5-12-23)14-24-15-18(20-21-24)13-16(2)25/h15-17,19,25H,3-14H2,1-2H3. The summed E-state index contributed by atoms with van der Waals surface area (Å²) in [6.07, 6.45) is 8.74. The number of likely N-dealkylation sites (tertiary alicyclic amines) is 2. The minimum Gasteiger partial charge on any atom is -0.393 e. The molecule has 3 heterocycles. The molecule has 0 spiro atoms. The second-order valence-electron chi connectivity index (χ2n) is 8.04. The van der Waals surface area contributed by atoms with Crippen molar-refractivity contribution in [1.82, 2.24) is 24.8 Å². The Balaban J connectivity index is 1.39. The summed E-state index contributed by atoms with van der Waals surface area (Å²) in [6, 6.07) is 0.804. The van der Waals surface area contributed by atoms with Gasteiger partial charge in [0.05, 0.1) is 11.8 Å². The molecule has 0 amide bonds. The molecule has 1 unspecified atom stereocenters. The summed E-state index contributed by atoms with van der Waals surface area (Å²) in [5.74, 6) is 0.706. The first-order valence-electron chi connectivity index (χ1n) is 10.2. The maximum atomic E-state index is 9.45. The third kappa shape index (κ3) is 5.50. The normalized spacial score (nSPS) is 23.2. The van der Waals surface area contributed by atoms with Crippen molar-refractivity contribution in [3.05, 3.63) is 11.9 Å². The van der Waals surface area contributed by atoms with Gasteiger partial charge in [0.2, 0.25) is 0 Å². The molecule has 25 heavy (non-hydrogen) atoms. The molecular formula is C19H35N5O. The predicted molar refractivity (Wildman–Crippen MR) is 99.5 cm³/mol. The highest BCUT2D eigenvalue weighted by Crippen LogP contribution is 2.25. The zero-order valence-corrected chi connectivity index (χ0v) is 16.0. The number of hydrogen-bond acceptors (Lipinski definition) is 5. The molecule has 142 valence electrons. The Morgan fingerprint density at radius 1 is 1.16 bits per heavy atom. The van der Waals surface area contributed by atoms with Crippen molar-refractivity contribution >= 4 is 0 Å². The Kier molecular flexibility index (Phi) is 6.84. The van der Waals surface area contributed by atoms with E-state index in [9.17, 15) is 5.11 Å². The van der Waals surface area contributed by atoms with Crippen molar-refractivity contribution < 1.29 is 5.11 Å². The zero-order chi connectivity index (χ0) is 17.6. The van der Waals surface area contributed by atoms with Crippen LogP contribution in [0.5, 0.6) is 0 Å². The number of nitrogens with zero attached hydrogens (tertiary/aromatic N) is 5. The van der Waals surface area contributed by atoms with Crippen molar-refractivity contribution in [1.29, 1.82) is 0 Å². The lowest BCUT2D eigenvalue weighted by Crippen LogP contribution is -2.48. The first-order valence-corrected chi connectivity index (χ1v) is 10.2. The van der Waals surface area contributed by atoms with E-state index in [4.69, 9.17) is 0 Å². The van der Waals surface area contributed by atoms with Gasteiger partial charge in [-0.3, -0.25) is 4.68 Å². The lowest BCUT2D eigenvalue weighted by Gasteiger charge is -2.41. The predicted octanol–water partition coefficient (Wildman–Crippen LogP) is 1.79. The first-order chi connectivity index (χ1) is 12.1. The van der Waals surface area contributed by atoms with E-state index in [1.54, 1.807) is 6.92 Å². The molecule has 2 fully saturated rings. The number of aliphatic hydroxyl groups excluding tert-OH is 1. The molecule has 0 aromatic carbocycles. The summed E-state index contributed by atoms with van der Waals surface area (Å²) in [4.78, 5) is 5.36. The van der Waals surface area contributed by atoms with Gasteiger partial charge in [-0.1, -0.05) is 12.1 Å². The van der Waals surface area contributed by atoms with E-state index in [2.05, 4.69) is 27.0 Å². The van der Waals surface area contributed by atoms with Crippen molar-refractivity contribution in [3.63, 3.8) is 0 Å². The molecule has 2 aliphatic rings. The average molecular weight is 350 g/mol. The molecule has 0 saturated carbocycles. The van der Waals surface area contributed by atoms with E-state index in [-0.39, 0.29) is 6.10 Å². The van der Waals surface area contributed by atoms with E-state index in [0.29, 0.717) is 12.3 Å². The van der Waals surface area contributed by atoms with Crippen LogP contribution in [0, 0.1) is 5.92 Å².